The number of hydrogen-bond donors (Lipinski definition) is 1. The highest BCUT2D eigenvalue weighted by atomic mass is 31.1. The van der Waals surface area contributed by atoms with Crippen LogP contribution in [0.3, 0.4) is 0 Å². The summed E-state index contributed by atoms with van der Waals surface area (Å²) in [5.41, 5.74) is -0.528. The molecule has 0 saturated carbocycles. The smallest absolute Gasteiger partial charge is 0.465 e. The Kier molecular flexibility index (Phi) is 12.0. The van der Waals surface area contributed by atoms with Crippen LogP contribution in [0.25, 0.3) is 0 Å². The molecule has 0 aliphatic rings. The number of carbonyl (C=O) groups is 1. The van der Waals surface area contributed by atoms with Gasteiger partial charge >= 0.3 is 14.0 Å². The first-order valence-corrected chi connectivity index (χ1v) is 11.9. The molecule has 0 aromatic carbocycles. The highest BCUT2D eigenvalue weighted by Crippen LogP contribution is 2.46. The van der Waals surface area contributed by atoms with Gasteiger partial charge in [0.05, 0.1) is 26.2 Å². The maximum absolute atomic E-state index is 12.2. The number of esters is 1. The molecule has 0 fully saturated rings. The third-order valence-corrected chi connectivity index (χ3v) is 6.84. The second kappa shape index (κ2) is 12.2. The van der Waals surface area contributed by atoms with Gasteiger partial charge in [-0.2, -0.15) is 4.89 Å². The molecule has 0 spiro atoms. The van der Waals surface area contributed by atoms with Gasteiger partial charge in [-0.15, -0.1) is 0 Å². The molecule has 3 atom stereocenters. The zero-order chi connectivity index (χ0) is 22.0. The van der Waals surface area contributed by atoms with Crippen molar-refractivity contribution in [2.24, 2.45) is 16.7 Å². The Labute approximate surface area is 173 Å². The van der Waals surface area contributed by atoms with Gasteiger partial charge in [-0.25, -0.2) is 0 Å². The van der Waals surface area contributed by atoms with Crippen molar-refractivity contribution in [1.82, 2.24) is 0 Å². The summed E-state index contributed by atoms with van der Waals surface area (Å²) in [4.78, 5) is 21.9. The molecule has 0 aromatic heterocycles. The Morgan fingerprint density at radius 3 is 2.07 bits per heavy atom. The van der Waals surface area contributed by atoms with Crippen molar-refractivity contribution in [3.63, 3.8) is 0 Å². The average molecular weight is 420 g/mol. The van der Waals surface area contributed by atoms with Crippen molar-refractivity contribution < 1.29 is 23.7 Å². The Morgan fingerprint density at radius 2 is 1.61 bits per heavy atom. The van der Waals surface area contributed by atoms with Gasteiger partial charge in [0, 0.05) is 6.42 Å². The van der Waals surface area contributed by atoms with Gasteiger partial charge in [0.25, 0.3) is 0 Å². The van der Waals surface area contributed by atoms with Crippen molar-refractivity contribution in [1.29, 1.82) is 0 Å². The van der Waals surface area contributed by atoms with Crippen LogP contribution in [0.1, 0.15) is 93.9 Å². The topological polar surface area (TPSA) is 72.8 Å². The summed E-state index contributed by atoms with van der Waals surface area (Å²) in [7, 11) is -2.24. The van der Waals surface area contributed by atoms with Crippen molar-refractivity contribution in [2.45, 2.75) is 99.1 Å². The molecule has 0 aliphatic heterocycles. The summed E-state index contributed by atoms with van der Waals surface area (Å²) < 4.78 is 23.1. The van der Waals surface area contributed by atoms with Crippen LogP contribution in [0.4, 0.5) is 0 Å². The van der Waals surface area contributed by atoms with E-state index in [2.05, 4.69) is 27.7 Å². The van der Waals surface area contributed by atoms with Crippen LogP contribution in [0.5, 0.6) is 0 Å². The fourth-order valence-corrected chi connectivity index (χ4v) is 4.36. The molecule has 5 nitrogen and oxygen atoms in total. The molecule has 166 valence electrons. The second-order valence-electron chi connectivity index (χ2n) is 10.0. The molecule has 1 N–H and O–H groups in total. The van der Waals surface area contributed by atoms with Crippen LogP contribution in [0.15, 0.2) is 0 Å². The SMILES string of the molecule is CCCC(CC)COC(=O)CC(C)(C)COCC(C)(C)CC(C)(CC)[P+](=O)O. The lowest BCUT2D eigenvalue weighted by Crippen LogP contribution is -2.33. The van der Waals surface area contributed by atoms with Gasteiger partial charge in [-0.05, 0) is 41.1 Å². The van der Waals surface area contributed by atoms with Gasteiger partial charge in [0.1, 0.15) is 0 Å². The standard InChI is InChI=1S/C22H43O5P/c1-9-12-18(10-2)14-27-19(23)13-20(4,5)16-26-17-21(6,7)15-22(8,11-3)28(24)25/h18H,9-17H2,1-8H3/p+1. The molecular formula is C22H44O5P+. The highest BCUT2D eigenvalue weighted by Gasteiger charge is 2.46. The van der Waals surface area contributed by atoms with Gasteiger partial charge in [0.15, 0.2) is 5.16 Å². The lowest BCUT2D eigenvalue weighted by molar-refractivity contribution is -0.148. The minimum Gasteiger partial charge on any atom is -0.465 e. The third-order valence-electron chi connectivity index (χ3n) is 5.45. The monoisotopic (exact) mass is 419 g/mol. The van der Waals surface area contributed by atoms with Crippen molar-refractivity contribution in [3.05, 3.63) is 0 Å². The van der Waals surface area contributed by atoms with Gasteiger partial charge in [-0.3, -0.25) is 4.79 Å². The molecule has 0 rings (SSSR count). The summed E-state index contributed by atoms with van der Waals surface area (Å²) in [6.07, 6.45) is 4.80. The quantitative estimate of drug-likeness (QED) is 0.256. The summed E-state index contributed by atoms with van der Waals surface area (Å²) in [6, 6.07) is 0. The molecule has 0 heterocycles. The predicted molar refractivity (Wildman–Crippen MR) is 116 cm³/mol. The number of carbonyl (C=O) groups excluding carboxylic acids is 1. The average Bonchev–Trinajstić information content (AvgIpc) is 2.56. The van der Waals surface area contributed by atoms with Crippen LogP contribution in [0.2, 0.25) is 0 Å². The molecule has 0 aromatic rings. The Balaban J connectivity index is 4.47. The minimum absolute atomic E-state index is 0.168. The molecule has 0 saturated heterocycles. The van der Waals surface area contributed by atoms with Crippen LogP contribution < -0.4 is 0 Å². The fraction of sp³-hybridized carbons (Fsp3) is 0.955. The Morgan fingerprint density at radius 1 is 1.04 bits per heavy atom. The van der Waals surface area contributed by atoms with E-state index in [0.29, 0.717) is 45.0 Å². The summed E-state index contributed by atoms with van der Waals surface area (Å²) >= 11 is 0. The van der Waals surface area contributed by atoms with Crippen molar-refractivity contribution >= 4 is 14.0 Å². The van der Waals surface area contributed by atoms with E-state index < -0.39 is 13.2 Å². The Hall–Kier alpha value is -0.510. The zero-order valence-corrected chi connectivity index (χ0v) is 20.4. The molecule has 0 amide bonds. The Bertz CT molecular complexity index is 489. The molecule has 28 heavy (non-hydrogen) atoms. The maximum Gasteiger partial charge on any atom is 0.511 e. The zero-order valence-electron chi connectivity index (χ0n) is 19.5. The van der Waals surface area contributed by atoms with Gasteiger partial charge < -0.3 is 9.47 Å². The maximum atomic E-state index is 12.2. The van der Waals surface area contributed by atoms with Crippen molar-refractivity contribution in [2.75, 3.05) is 19.8 Å². The highest BCUT2D eigenvalue weighted by molar-refractivity contribution is 7.40. The number of ether oxygens (including phenoxy) is 2. The van der Waals surface area contributed by atoms with E-state index in [1.807, 2.05) is 27.7 Å². The van der Waals surface area contributed by atoms with Crippen molar-refractivity contribution in [3.8, 4) is 0 Å². The normalized spacial score (nSPS) is 16.4. The lowest BCUT2D eigenvalue weighted by Gasteiger charge is -2.31. The van der Waals surface area contributed by atoms with E-state index in [1.165, 1.54) is 0 Å². The van der Waals surface area contributed by atoms with Crippen LogP contribution in [-0.4, -0.2) is 35.8 Å². The minimum atomic E-state index is -2.24. The van der Waals surface area contributed by atoms with Gasteiger partial charge in [0.2, 0.25) is 0 Å². The first-order chi connectivity index (χ1) is 12.8. The first-order valence-electron chi connectivity index (χ1n) is 10.7. The summed E-state index contributed by atoms with van der Waals surface area (Å²) in [5.74, 6) is 0.276. The fourth-order valence-electron chi connectivity index (χ4n) is 3.53. The first kappa shape index (κ1) is 27.5. The molecule has 0 bridgehead atoms. The van der Waals surface area contributed by atoms with Gasteiger partial charge in [-0.1, -0.05) is 61.3 Å². The van der Waals surface area contributed by atoms with E-state index in [-0.39, 0.29) is 16.8 Å². The van der Waals surface area contributed by atoms with Crippen LogP contribution >= 0.6 is 8.03 Å². The van der Waals surface area contributed by atoms with E-state index >= 15 is 0 Å². The van der Waals surface area contributed by atoms with E-state index in [4.69, 9.17) is 9.47 Å². The lowest BCUT2D eigenvalue weighted by atomic mass is 9.82. The van der Waals surface area contributed by atoms with E-state index in [9.17, 15) is 14.3 Å². The van der Waals surface area contributed by atoms with Crippen LogP contribution in [-0.2, 0) is 18.8 Å². The molecular weight excluding hydrogens is 375 g/mol. The molecule has 0 radical (unpaired) electrons. The number of hydrogen-bond acceptors (Lipinski definition) is 4. The van der Waals surface area contributed by atoms with E-state index in [1.54, 1.807) is 0 Å². The predicted octanol–water partition coefficient (Wildman–Crippen LogP) is 6.11. The number of rotatable bonds is 15. The summed E-state index contributed by atoms with van der Waals surface area (Å²) in [6.45, 7) is 17.6. The molecule has 3 unspecified atom stereocenters. The van der Waals surface area contributed by atoms with E-state index in [0.717, 1.165) is 19.3 Å². The van der Waals surface area contributed by atoms with Crippen LogP contribution in [0, 0.1) is 16.7 Å². The largest absolute Gasteiger partial charge is 0.511 e. The third kappa shape index (κ3) is 10.9. The summed E-state index contributed by atoms with van der Waals surface area (Å²) in [5, 5.41) is -0.601. The second-order valence-corrected chi connectivity index (χ2v) is 11.7. The molecule has 6 heteroatoms. The molecule has 0 aliphatic carbocycles.